The van der Waals surface area contributed by atoms with E-state index in [1.165, 1.54) is 0 Å². The monoisotopic (exact) mass is 250 g/mol. The minimum atomic E-state index is 0.0518. The quantitative estimate of drug-likeness (QED) is 0.735. The molecule has 0 aromatic rings. The van der Waals surface area contributed by atoms with Crippen molar-refractivity contribution < 1.29 is 9.59 Å². The number of ketones is 1. The van der Waals surface area contributed by atoms with Crippen molar-refractivity contribution in [3.05, 3.63) is 0 Å². The summed E-state index contributed by atoms with van der Waals surface area (Å²) in [7, 11) is 1.88. The maximum absolute atomic E-state index is 12.1. The average Bonchev–Trinajstić information content (AvgIpc) is 3.02. The highest BCUT2D eigenvalue weighted by Crippen LogP contribution is 2.35. The van der Waals surface area contributed by atoms with E-state index in [0.29, 0.717) is 11.8 Å². The minimum Gasteiger partial charge on any atom is -0.344 e. The normalized spacial score (nSPS) is 38.1. The van der Waals surface area contributed by atoms with E-state index in [1.54, 1.807) is 0 Å². The molecule has 0 aromatic heterocycles. The van der Waals surface area contributed by atoms with Crippen LogP contribution in [0.3, 0.4) is 0 Å². The zero-order valence-corrected chi connectivity index (χ0v) is 11.1. The summed E-state index contributed by atoms with van der Waals surface area (Å²) in [4.78, 5) is 28.3. The second kappa shape index (κ2) is 4.65. The fourth-order valence-corrected chi connectivity index (χ4v) is 4.00. The van der Waals surface area contributed by atoms with Crippen LogP contribution < -0.4 is 0 Å². The molecule has 1 aliphatic carbocycles. The SMILES string of the molecule is CN1CCC(N2CCCC2C2CCCC2=O)C1=O. The number of hydrogen-bond donors (Lipinski definition) is 0. The summed E-state index contributed by atoms with van der Waals surface area (Å²) in [6, 6.07) is 0.399. The van der Waals surface area contributed by atoms with Crippen molar-refractivity contribution in [3.8, 4) is 0 Å². The number of rotatable bonds is 2. The van der Waals surface area contributed by atoms with Gasteiger partial charge in [-0.25, -0.2) is 0 Å². The van der Waals surface area contributed by atoms with Crippen LogP contribution in [0.5, 0.6) is 0 Å². The van der Waals surface area contributed by atoms with Crippen LogP contribution in [0.2, 0.25) is 0 Å². The molecule has 3 atom stereocenters. The van der Waals surface area contributed by atoms with Gasteiger partial charge in [-0.15, -0.1) is 0 Å². The lowest BCUT2D eigenvalue weighted by atomic mass is 9.94. The molecular weight excluding hydrogens is 228 g/mol. The minimum absolute atomic E-state index is 0.0518. The maximum atomic E-state index is 12.1. The number of likely N-dealkylation sites (tertiary alicyclic amines) is 2. The molecule has 2 aliphatic heterocycles. The predicted octanol–water partition coefficient (Wildman–Crippen LogP) is 1.05. The Bertz CT molecular complexity index is 369. The number of carbonyl (C=O) groups excluding carboxylic acids is 2. The molecule has 1 amide bonds. The van der Waals surface area contributed by atoms with E-state index in [9.17, 15) is 9.59 Å². The summed E-state index contributed by atoms with van der Waals surface area (Å²) in [6.45, 7) is 1.87. The zero-order valence-electron chi connectivity index (χ0n) is 11.1. The Labute approximate surface area is 108 Å². The molecule has 0 spiro atoms. The third-order valence-electron chi connectivity index (χ3n) is 4.96. The van der Waals surface area contributed by atoms with E-state index in [4.69, 9.17) is 0 Å². The first-order valence-electron chi connectivity index (χ1n) is 7.22. The fourth-order valence-electron chi connectivity index (χ4n) is 4.00. The molecule has 3 rings (SSSR count). The lowest BCUT2D eigenvalue weighted by Crippen LogP contribution is -2.47. The summed E-state index contributed by atoms with van der Waals surface area (Å²) >= 11 is 0. The van der Waals surface area contributed by atoms with Crippen LogP contribution in [-0.2, 0) is 9.59 Å². The smallest absolute Gasteiger partial charge is 0.239 e. The lowest BCUT2D eigenvalue weighted by molar-refractivity contribution is -0.133. The van der Waals surface area contributed by atoms with Crippen molar-refractivity contribution in [1.82, 2.24) is 9.80 Å². The van der Waals surface area contributed by atoms with E-state index < -0.39 is 0 Å². The van der Waals surface area contributed by atoms with Crippen LogP contribution in [0, 0.1) is 5.92 Å². The number of carbonyl (C=O) groups is 2. The van der Waals surface area contributed by atoms with Gasteiger partial charge in [0.25, 0.3) is 0 Å². The van der Waals surface area contributed by atoms with Gasteiger partial charge in [0.15, 0.2) is 0 Å². The molecule has 18 heavy (non-hydrogen) atoms. The summed E-state index contributed by atoms with van der Waals surface area (Å²) in [5.74, 6) is 0.907. The van der Waals surface area contributed by atoms with E-state index in [0.717, 1.165) is 51.6 Å². The molecule has 4 nitrogen and oxygen atoms in total. The van der Waals surface area contributed by atoms with Crippen molar-refractivity contribution in [2.24, 2.45) is 5.92 Å². The Morgan fingerprint density at radius 1 is 1.06 bits per heavy atom. The highest BCUT2D eigenvalue weighted by Gasteiger charge is 2.44. The molecule has 100 valence electrons. The molecule has 1 saturated carbocycles. The van der Waals surface area contributed by atoms with E-state index in [2.05, 4.69) is 4.90 Å². The van der Waals surface area contributed by atoms with Gasteiger partial charge < -0.3 is 4.90 Å². The van der Waals surface area contributed by atoms with Crippen LogP contribution in [-0.4, -0.2) is 53.7 Å². The van der Waals surface area contributed by atoms with Gasteiger partial charge >= 0.3 is 0 Å². The Hall–Kier alpha value is -0.900. The molecule has 0 N–H and O–H groups in total. The number of Topliss-reactive ketones (excluding diaryl/α,β-unsaturated/α-hetero) is 1. The van der Waals surface area contributed by atoms with Gasteiger partial charge in [-0.1, -0.05) is 0 Å². The standard InChI is InChI=1S/C14H22N2O2/c1-15-9-7-12(14(15)18)16-8-3-5-11(16)10-4-2-6-13(10)17/h10-12H,2-9H2,1H3. The van der Waals surface area contributed by atoms with Crippen molar-refractivity contribution in [2.75, 3.05) is 20.1 Å². The van der Waals surface area contributed by atoms with Gasteiger partial charge in [-0.2, -0.15) is 0 Å². The van der Waals surface area contributed by atoms with Crippen molar-refractivity contribution in [2.45, 2.75) is 50.6 Å². The van der Waals surface area contributed by atoms with Crippen molar-refractivity contribution in [1.29, 1.82) is 0 Å². The Morgan fingerprint density at radius 2 is 1.89 bits per heavy atom. The zero-order chi connectivity index (χ0) is 12.7. The third-order valence-corrected chi connectivity index (χ3v) is 4.96. The highest BCUT2D eigenvalue weighted by molar-refractivity contribution is 5.85. The van der Waals surface area contributed by atoms with Gasteiger partial charge in [0.2, 0.25) is 5.91 Å². The molecule has 0 aromatic carbocycles. The summed E-state index contributed by atoms with van der Waals surface area (Å²) in [5, 5.41) is 0. The van der Waals surface area contributed by atoms with Crippen LogP contribution in [0.4, 0.5) is 0 Å². The topological polar surface area (TPSA) is 40.6 Å². The Morgan fingerprint density at radius 3 is 2.50 bits per heavy atom. The first-order valence-corrected chi connectivity index (χ1v) is 7.22. The van der Waals surface area contributed by atoms with Crippen molar-refractivity contribution in [3.63, 3.8) is 0 Å². The molecule has 3 fully saturated rings. The number of nitrogens with zero attached hydrogens (tertiary/aromatic N) is 2. The van der Waals surface area contributed by atoms with E-state index in [1.807, 2.05) is 11.9 Å². The fraction of sp³-hybridized carbons (Fsp3) is 0.857. The summed E-state index contributed by atoms with van der Waals surface area (Å²) in [6.07, 6.45) is 6.02. The molecule has 2 saturated heterocycles. The maximum Gasteiger partial charge on any atom is 0.239 e. The van der Waals surface area contributed by atoms with Gasteiger partial charge in [0.1, 0.15) is 5.78 Å². The molecule has 0 radical (unpaired) electrons. The average molecular weight is 250 g/mol. The summed E-state index contributed by atoms with van der Waals surface area (Å²) in [5.41, 5.74) is 0. The van der Waals surface area contributed by atoms with Crippen LogP contribution >= 0.6 is 0 Å². The van der Waals surface area contributed by atoms with Gasteiger partial charge in [-0.3, -0.25) is 14.5 Å². The molecule has 3 unspecified atom stereocenters. The number of likely N-dealkylation sites (N-methyl/N-ethyl adjacent to an activating group) is 1. The molecule has 4 heteroatoms. The number of hydrogen-bond acceptors (Lipinski definition) is 3. The van der Waals surface area contributed by atoms with Crippen LogP contribution in [0.1, 0.15) is 38.5 Å². The van der Waals surface area contributed by atoms with E-state index in [-0.39, 0.29) is 17.9 Å². The second-order valence-electron chi connectivity index (χ2n) is 5.98. The van der Waals surface area contributed by atoms with E-state index >= 15 is 0 Å². The lowest BCUT2D eigenvalue weighted by Gasteiger charge is -2.32. The first-order chi connectivity index (χ1) is 8.68. The second-order valence-corrected chi connectivity index (χ2v) is 5.98. The molecular formula is C14H22N2O2. The summed E-state index contributed by atoms with van der Waals surface area (Å²) < 4.78 is 0. The van der Waals surface area contributed by atoms with Crippen LogP contribution in [0.25, 0.3) is 0 Å². The number of amides is 1. The van der Waals surface area contributed by atoms with Gasteiger partial charge in [0.05, 0.1) is 6.04 Å². The van der Waals surface area contributed by atoms with Crippen LogP contribution in [0.15, 0.2) is 0 Å². The van der Waals surface area contributed by atoms with Gasteiger partial charge in [0, 0.05) is 32.0 Å². The third kappa shape index (κ3) is 1.87. The highest BCUT2D eigenvalue weighted by atomic mass is 16.2. The largest absolute Gasteiger partial charge is 0.344 e. The Balaban J connectivity index is 1.75. The molecule has 2 heterocycles. The Kier molecular flexibility index (Phi) is 3.14. The van der Waals surface area contributed by atoms with Gasteiger partial charge in [-0.05, 0) is 38.6 Å². The first kappa shape index (κ1) is 12.2. The molecule has 0 bridgehead atoms. The molecule has 3 aliphatic rings. The van der Waals surface area contributed by atoms with Crippen molar-refractivity contribution >= 4 is 11.7 Å². The predicted molar refractivity (Wildman–Crippen MR) is 68.1 cm³/mol.